The van der Waals surface area contributed by atoms with E-state index in [0.29, 0.717) is 23.3 Å². The highest BCUT2D eigenvalue weighted by Crippen LogP contribution is 2.77. The first-order valence-electron chi connectivity index (χ1n) is 13.4. The van der Waals surface area contributed by atoms with Gasteiger partial charge in [-0.1, -0.05) is 52.0 Å². The summed E-state index contributed by atoms with van der Waals surface area (Å²) in [5.74, 6) is 2.50. The van der Waals surface area contributed by atoms with E-state index in [1.165, 1.54) is 43.2 Å². The number of hydrogen-bond acceptors (Lipinski definition) is 4. The maximum atomic E-state index is 9.07. The Bertz CT molecular complexity index is 1170. The van der Waals surface area contributed by atoms with E-state index < -0.39 is 0 Å². The Balaban J connectivity index is 1.71. The van der Waals surface area contributed by atoms with Crippen LogP contribution < -0.4 is 9.47 Å². The summed E-state index contributed by atoms with van der Waals surface area (Å²) in [5.41, 5.74) is 5.63. The predicted octanol–water partition coefficient (Wildman–Crippen LogP) is 7.87. The summed E-state index contributed by atoms with van der Waals surface area (Å²) in [6.45, 7) is 13.9. The molecule has 4 bridgehead atoms. The molecule has 0 aliphatic heterocycles. The molecule has 6 rings (SSSR count). The summed E-state index contributed by atoms with van der Waals surface area (Å²) in [4.78, 5) is 0. The van der Waals surface area contributed by atoms with Crippen molar-refractivity contribution in [3.8, 4) is 24.0 Å². The number of aryl methyl sites for hydroxylation is 2. The van der Waals surface area contributed by atoms with E-state index in [9.17, 15) is 0 Å². The molecule has 0 atom stereocenters. The van der Waals surface area contributed by atoms with Crippen LogP contribution in [-0.4, -0.2) is 0 Å². The fraction of sp³-hybridized carbons (Fsp3) is 0.562. The summed E-state index contributed by atoms with van der Waals surface area (Å²) < 4.78 is 10.5. The molecular weight excluding hydrogens is 444 g/mol. The third-order valence-electron chi connectivity index (χ3n) is 10.5. The topological polar surface area (TPSA) is 66.0 Å². The summed E-state index contributed by atoms with van der Waals surface area (Å²) >= 11 is 0. The molecule has 0 radical (unpaired) electrons. The quantitative estimate of drug-likeness (QED) is 0.393. The molecule has 0 heterocycles. The molecule has 0 amide bonds. The van der Waals surface area contributed by atoms with Crippen molar-refractivity contribution in [3.05, 3.63) is 58.7 Å². The molecule has 0 aromatic heterocycles. The fourth-order valence-electron chi connectivity index (χ4n) is 8.92. The summed E-state index contributed by atoms with van der Waals surface area (Å²) in [5, 5.41) is 18.1. The molecule has 2 aromatic rings. The lowest BCUT2D eigenvalue weighted by Crippen LogP contribution is -2.66. The minimum Gasteiger partial charge on any atom is -0.388 e. The van der Waals surface area contributed by atoms with Gasteiger partial charge in [-0.15, -0.1) is 10.5 Å². The van der Waals surface area contributed by atoms with Gasteiger partial charge in [-0.05, 0) is 120 Å². The second-order valence-electron chi connectivity index (χ2n) is 13.0. The van der Waals surface area contributed by atoms with Crippen LogP contribution in [-0.2, 0) is 10.8 Å². The average Bonchev–Trinajstić information content (AvgIpc) is 2.81. The minimum absolute atomic E-state index is 0.0922. The van der Waals surface area contributed by atoms with E-state index in [-0.39, 0.29) is 21.7 Å². The van der Waals surface area contributed by atoms with Gasteiger partial charge in [0.15, 0.2) is 0 Å². The number of nitriles is 2. The number of benzene rings is 2. The highest BCUT2D eigenvalue weighted by molar-refractivity contribution is 5.47. The van der Waals surface area contributed by atoms with Gasteiger partial charge in [0, 0.05) is 0 Å². The van der Waals surface area contributed by atoms with E-state index in [4.69, 9.17) is 20.0 Å². The maximum Gasteiger partial charge on any atom is 0.292 e. The first kappa shape index (κ1) is 24.7. The SMILES string of the molecule is Cc1cc(C23CC4(c5ccc(OC#N)c(C)c5)CC(C(C)C)(C2)CC(C(C)C)(C3)C4)ccc1OC#N. The lowest BCUT2D eigenvalue weighted by Gasteiger charge is -2.73. The lowest BCUT2D eigenvalue weighted by molar-refractivity contribution is -0.176. The van der Waals surface area contributed by atoms with Crippen LogP contribution in [0.2, 0.25) is 0 Å². The van der Waals surface area contributed by atoms with Crippen LogP contribution in [0.25, 0.3) is 0 Å². The van der Waals surface area contributed by atoms with Crippen molar-refractivity contribution < 1.29 is 9.47 Å². The van der Waals surface area contributed by atoms with Crippen molar-refractivity contribution in [2.45, 2.75) is 90.9 Å². The summed E-state index contributed by atoms with van der Waals surface area (Å²) in [6, 6.07) is 13.1. The van der Waals surface area contributed by atoms with Crippen molar-refractivity contribution in [3.63, 3.8) is 0 Å². The van der Waals surface area contributed by atoms with Gasteiger partial charge in [-0.3, -0.25) is 0 Å². The predicted molar refractivity (Wildman–Crippen MR) is 140 cm³/mol. The van der Waals surface area contributed by atoms with Crippen molar-refractivity contribution >= 4 is 0 Å². The van der Waals surface area contributed by atoms with Crippen LogP contribution in [0, 0.1) is 59.5 Å². The van der Waals surface area contributed by atoms with Crippen LogP contribution in [0.3, 0.4) is 0 Å². The molecule has 4 fully saturated rings. The third kappa shape index (κ3) is 3.53. The number of nitrogens with zero attached hydrogens (tertiary/aromatic N) is 2. The first-order chi connectivity index (χ1) is 17.0. The molecule has 0 spiro atoms. The Morgan fingerprint density at radius 3 is 1.33 bits per heavy atom. The van der Waals surface area contributed by atoms with E-state index in [1.807, 2.05) is 24.6 Å². The maximum absolute atomic E-state index is 9.07. The van der Waals surface area contributed by atoms with Crippen LogP contribution in [0.4, 0.5) is 0 Å². The molecule has 0 unspecified atom stereocenters. The first-order valence-corrected chi connectivity index (χ1v) is 13.4. The molecule has 4 aliphatic carbocycles. The molecular formula is C32H38N2O2. The summed E-state index contributed by atoms with van der Waals surface area (Å²) in [7, 11) is 0. The van der Waals surface area contributed by atoms with E-state index in [2.05, 4.69) is 65.8 Å². The van der Waals surface area contributed by atoms with Crippen LogP contribution in [0.15, 0.2) is 36.4 Å². The zero-order valence-electron chi connectivity index (χ0n) is 22.6. The van der Waals surface area contributed by atoms with Gasteiger partial charge in [0.1, 0.15) is 11.5 Å². The standard InChI is InChI=1S/C32H38N2O2/c1-21(2)29-13-30(22(3)4)16-31(14-29,25-7-9-27(35-19-33)23(5)11-25)18-32(15-29,17-30)26-8-10-28(36-20-34)24(6)12-26/h7-12,21-22H,13-18H2,1-6H3. The molecule has 188 valence electrons. The van der Waals surface area contributed by atoms with Crippen LogP contribution >= 0.6 is 0 Å². The zero-order chi connectivity index (χ0) is 25.9. The number of hydrogen-bond donors (Lipinski definition) is 0. The van der Waals surface area contributed by atoms with Gasteiger partial charge < -0.3 is 9.47 Å². The molecule has 0 saturated heterocycles. The second kappa shape index (κ2) is 8.27. The molecule has 4 nitrogen and oxygen atoms in total. The highest BCUT2D eigenvalue weighted by Gasteiger charge is 2.69. The summed E-state index contributed by atoms with van der Waals surface area (Å²) in [6.07, 6.45) is 11.0. The fourth-order valence-corrected chi connectivity index (χ4v) is 8.92. The van der Waals surface area contributed by atoms with Crippen molar-refractivity contribution in [2.75, 3.05) is 0 Å². The van der Waals surface area contributed by atoms with Gasteiger partial charge in [0.05, 0.1) is 0 Å². The van der Waals surface area contributed by atoms with Gasteiger partial charge in [-0.25, -0.2) is 0 Å². The molecule has 4 heteroatoms. The third-order valence-corrected chi connectivity index (χ3v) is 10.5. The minimum atomic E-state index is 0.0922. The van der Waals surface area contributed by atoms with E-state index >= 15 is 0 Å². The molecule has 2 aromatic carbocycles. The second-order valence-corrected chi connectivity index (χ2v) is 13.0. The van der Waals surface area contributed by atoms with Crippen molar-refractivity contribution in [1.82, 2.24) is 0 Å². The Morgan fingerprint density at radius 2 is 1.03 bits per heavy atom. The normalized spacial score (nSPS) is 32.4. The van der Waals surface area contributed by atoms with Crippen LogP contribution in [0.1, 0.15) is 88.5 Å². The zero-order valence-corrected chi connectivity index (χ0v) is 22.6. The number of ether oxygens (including phenoxy) is 2. The number of rotatable bonds is 6. The van der Waals surface area contributed by atoms with Gasteiger partial charge >= 0.3 is 0 Å². The Kier molecular flexibility index (Phi) is 5.68. The van der Waals surface area contributed by atoms with E-state index in [0.717, 1.165) is 17.5 Å². The average molecular weight is 483 g/mol. The van der Waals surface area contributed by atoms with Crippen molar-refractivity contribution in [1.29, 1.82) is 10.5 Å². The Morgan fingerprint density at radius 1 is 0.639 bits per heavy atom. The van der Waals surface area contributed by atoms with Crippen molar-refractivity contribution in [2.24, 2.45) is 22.7 Å². The van der Waals surface area contributed by atoms with E-state index in [1.54, 1.807) is 0 Å². The largest absolute Gasteiger partial charge is 0.388 e. The van der Waals surface area contributed by atoms with Gasteiger partial charge in [0.2, 0.25) is 0 Å². The highest BCUT2D eigenvalue weighted by atomic mass is 16.5. The Hall–Kier alpha value is -2.98. The monoisotopic (exact) mass is 482 g/mol. The van der Waals surface area contributed by atoms with Gasteiger partial charge in [-0.2, -0.15) is 0 Å². The molecule has 36 heavy (non-hydrogen) atoms. The molecule has 4 saturated carbocycles. The molecule has 4 aliphatic rings. The smallest absolute Gasteiger partial charge is 0.292 e. The Labute approximate surface area is 216 Å². The van der Waals surface area contributed by atoms with Crippen LogP contribution in [0.5, 0.6) is 11.5 Å². The van der Waals surface area contributed by atoms with Gasteiger partial charge in [0.25, 0.3) is 12.5 Å². The molecule has 0 N–H and O–H groups in total. The lowest BCUT2D eigenvalue weighted by atomic mass is 9.31.